The molecule has 2 aromatic rings. The smallest absolute Gasteiger partial charge is 0.287 e. The third-order valence-electron chi connectivity index (χ3n) is 2.13. The first-order valence-electron chi connectivity index (χ1n) is 5.53. The normalized spacial score (nSPS) is 10.4. The first-order chi connectivity index (χ1) is 9.15. The van der Waals surface area contributed by atoms with Crippen molar-refractivity contribution in [2.24, 2.45) is 0 Å². The summed E-state index contributed by atoms with van der Waals surface area (Å²) in [5.41, 5.74) is -0.245. The number of thioether (sulfide) groups is 1. The Hall–Kier alpha value is -2.09. The standard InChI is InChI=1S/C11H12N4O3S/c1-7-4-8(16)5-9(18-7)10(17)12-2-3-19-11-13-6-14-15-11/h4-6H,2-3H2,1H3,(H,12,17)(H,13,14,15). The molecule has 0 fully saturated rings. The van der Waals surface area contributed by atoms with Crippen LogP contribution in [0.5, 0.6) is 0 Å². The first-order valence-corrected chi connectivity index (χ1v) is 6.52. The molecule has 2 aromatic heterocycles. The van der Waals surface area contributed by atoms with Gasteiger partial charge in [-0.25, -0.2) is 4.98 Å². The van der Waals surface area contributed by atoms with Gasteiger partial charge in [0, 0.05) is 24.4 Å². The molecule has 0 saturated carbocycles. The Morgan fingerprint density at radius 2 is 2.37 bits per heavy atom. The number of hydrogen-bond donors (Lipinski definition) is 2. The quantitative estimate of drug-likeness (QED) is 0.614. The van der Waals surface area contributed by atoms with Crippen molar-refractivity contribution in [1.29, 1.82) is 0 Å². The lowest BCUT2D eigenvalue weighted by molar-refractivity contribution is 0.0924. The Labute approximate surface area is 112 Å². The van der Waals surface area contributed by atoms with E-state index in [0.717, 1.165) is 0 Å². The van der Waals surface area contributed by atoms with E-state index in [0.29, 0.717) is 23.2 Å². The van der Waals surface area contributed by atoms with Crippen molar-refractivity contribution in [3.8, 4) is 0 Å². The summed E-state index contributed by atoms with van der Waals surface area (Å²) in [6, 6.07) is 2.50. The summed E-state index contributed by atoms with van der Waals surface area (Å²) in [4.78, 5) is 26.9. The van der Waals surface area contributed by atoms with Crippen LogP contribution in [0, 0.1) is 6.92 Å². The monoisotopic (exact) mass is 280 g/mol. The Kier molecular flexibility index (Phi) is 4.35. The highest BCUT2D eigenvalue weighted by Crippen LogP contribution is 2.09. The zero-order valence-electron chi connectivity index (χ0n) is 10.2. The fourth-order valence-electron chi connectivity index (χ4n) is 1.38. The summed E-state index contributed by atoms with van der Waals surface area (Å²) in [7, 11) is 0. The number of nitrogens with zero attached hydrogens (tertiary/aromatic N) is 2. The molecule has 0 saturated heterocycles. The van der Waals surface area contributed by atoms with Crippen LogP contribution in [-0.2, 0) is 0 Å². The summed E-state index contributed by atoms with van der Waals surface area (Å²) in [6.45, 7) is 2.06. The van der Waals surface area contributed by atoms with Crippen molar-refractivity contribution >= 4 is 17.7 Å². The Morgan fingerprint density at radius 3 is 3.05 bits per heavy atom. The van der Waals surface area contributed by atoms with Gasteiger partial charge in [-0.1, -0.05) is 11.8 Å². The fourth-order valence-corrected chi connectivity index (χ4v) is 2.02. The molecule has 7 nitrogen and oxygen atoms in total. The highest BCUT2D eigenvalue weighted by Gasteiger charge is 2.09. The van der Waals surface area contributed by atoms with Crippen molar-refractivity contribution in [2.45, 2.75) is 12.1 Å². The molecule has 19 heavy (non-hydrogen) atoms. The SMILES string of the molecule is Cc1cc(=O)cc(C(=O)NCCSc2ncn[nH]2)o1. The second-order valence-electron chi connectivity index (χ2n) is 3.66. The molecule has 100 valence electrons. The van der Waals surface area contributed by atoms with Crippen molar-refractivity contribution in [2.75, 3.05) is 12.3 Å². The van der Waals surface area contributed by atoms with Gasteiger partial charge in [0.25, 0.3) is 5.91 Å². The lowest BCUT2D eigenvalue weighted by atomic mass is 10.3. The third kappa shape index (κ3) is 3.95. The first kappa shape index (κ1) is 13.3. The molecule has 0 atom stereocenters. The van der Waals surface area contributed by atoms with Gasteiger partial charge in [-0.05, 0) is 6.92 Å². The maximum absolute atomic E-state index is 11.7. The Balaban J connectivity index is 1.82. The summed E-state index contributed by atoms with van der Waals surface area (Å²) in [5, 5.41) is 9.76. The van der Waals surface area contributed by atoms with E-state index in [2.05, 4.69) is 20.5 Å². The summed E-state index contributed by atoms with van der Waals surface area (Å²) >= 11 is 1.43. The van der Waals surface area contributed by atoms with Crippen molar-refractivity contribution < 1.29 is 9.21 Å². The van der Waals surface area contributed by atoms with Crippen molar-refractivity contribution in [3.05, 3.63) is 40.2 Å². The summed E-state index contributed by atoms with van der Waals surface area (Å²) in [6.07, 6.45) is 1.42. The summed E-state index contributed by atoms with van der Waals surface area (Å²) in [5.74, 6) is 0.666. The number of H-pyrrole nitrogens is 1. The minimum atomic E-state index is -0.404. The third-order valence-corrected chi connectivity index (χ3v) is 3.01. The maximum Gasteiger partial charge on any atom is 0.287 e. The number of aromatic nitrogens is 3. The topological polar surface area (TPSA) is 101 Å². The predicted molar refractivity (Wildman–Crippen MR) is 69.2 cm³/mol. The molecule has 0 aromatic carbocycles. The van der Waals surface area contributed by atoms with Gasteiger partial charge in [0.05, 0.1) is 0 Å². The van der Waals surface area contributed by atoms with Gasteiger partial charge in [0.15, 0.2) is 16.3 Å². The van der Waals surface area contributed by atoms with E-state index in [4.69, 9.17) is 4.42 Å². The second-order valence-corrected chi connectivity index (χ2v) is 4.75. The largest absolute Gasteiger partial charge is 0.456 e. The molecule has 8 heteroatoms. The van der Waals surface area contributed by atoms with Crippen LogP contribution in [0.2, 0.25) is 0 Å². The number of aryl methyl sites for hydroxylation is 1. The van der Waals surface area contributed by atoms with Gasteiger partial charge in [-0.3, -0.25) is 14.7 Å². The highest BCUT2D eigenvalue weighted by atomic mass is 32.2. The zero-order chi connectivity index (χ0) is 13.7. The van der Waals surface area contributed by atoms with Gasteiger partial charge < -0.3 is 9.73 Å². The van der Waals surface area contributed by atoms with Gasteiger partial charge in [-0.15, -0.1) is 0 Å². The number of hydrogen-bond acceptors (Lipinski definition) is 6. The fraction of sp³-hybridized carbons (Fsp3) is 0.273. The van der Waals surface area contributed by atoms with Crippen molar-refractivity contribution in [3.63, 3.8) is 0 Å². The average molecular weight is 280 g/mol. The van der Waals surface area contributed by atoms with Gasteiger partial charge in [0.2, 0.25) is 0 Å². The number of carbonyl (C=O) groups excluding carboxylic acids is 1. The van der Waals surface area contributed by atoms with Crippen LogP contribution in [0.3, 0.4) is 0 Å². The molecule has 1 amide bonds. The van der Waals surface area contributed by atoms with Gasteiger partial charge in [-0.2, -0.15) is 5.10 Å². The van der Waals surface area contributed by atoms with Gasteiger partial charge in [0.1, 0.15) is 12.1 Å². The molecule has 0 aliphatic heterocycles. The van der Waals surface area contributed by atoms with E-state index in [9.17, 15) is 9.59 Å². The van der Waals surface area contributed by atoms with E-state index in [1.807, 2.05) is 0 Å². The van der Waals surface area contributed by atoms with Crippen LogP contribution in [0.1, 0.15) is 16.3 Å². The predicted octanol–water partition coefficient (Wildman–Crippen LogP) is 0.588. The molecular formula is C11H12N4O3S. The van der Waals surface area contributed by atoms with Crippen molar-refractivity contribution in [1.82, 2.24) is 20.5 Å². The highest BCUT2D eigenvalue weighted by molar-refractivity contribution is 7.99. The number of aromatic amines is 1. The van der Waals surface area contributed by atoms with E-state index in [-0.39, 0.29) is 11.2 Å². The Morgan fingerprint density at radius 1 is 1.53 bits per heavy atom. The summed E-state index contributed by atoms with van der Waals surface area (Å²) < 4.78 is 5.18. The maximum atomic E-state index is 11.7. The molecule has 2 N–H and O–H groups in total. The molecule has 0 spiro atoms. The van der Waals surface area contributed by atoms with Crippen LogP contribution in [0.25, 0.3) is 0 Å². The van der Waals surface area contributed by atoms with Crippen LogP contribution in [-0.4, -0.2) is 33.4 Å². The van der Waals surface area contributed by atoms with Crippen LogP contribution < -0.4 is 10.7 Å². The van der Waals surface area contributed by atoms with Crippen LogP contribution in [0.15, 0.2) is 32.8 Å². The number of amides is 1. The lowest BCUT2D eigenvalue weighted by Gasteiger charge is -2.03. The molecule has 0 aliphatic carbocycles. The van der Waals surface area contributed by atoms with E-state index in [1.165, 1.54) is 30.2 Å². The number of carbonyl (C=O) groups is 1. The van der Waals surface area contributed by atoms with E-state index in [1.54, 1.807) is 6.92 Å². The molecule has 2 rings (SSSR count). The molecule has 0 unspecified atom stereocenters. The second kappa shape index (κ2) is 6.19. The minimum Gasteiger partial charge on any atom is -0.456 e. The number of rotatable bonds is 5. The number of nitrogens with one attached hydrogen (secondary N) is 2. The van der Waals surface area contributed by atoms with E-state index >= 15 is 0 Å². The van der Waals surface area contributed by atoms with Crippen LogP contribution >= 0.6 is 11.8 Å². The molecule has 0 aliphatic rings. The average Bonchev–Trinajstić information content (AvgIpc) is 2.86. The minimum absolute atomic E-state index is 0.0228. The molecule has 0 radical (unpaired) electrons. The molecular weight excluding hydrogens is 268 g/mol. The lowest BCUT2D eigenvalue weighted by Crippen LogP contribution is -2.26. The van der Waals surface area contributed by atoms with Crippen LogP contribution in [0.4, 0.5) is 0 Å². The molecule has 0 bridgehead atoms. The van der Waals surface area contributed by atoms with E-state index < -0.39 is 5.91 Å². The zero-order valence-corrected chi connectivity index (χ0v) is 11.0. The molecule has 2 heterocycles. The van der Waals surface area contributed by atoms with Gasteiger partial charge >= 0.3 is 0 Å². The Bertz CT molecular complexity index is 609.